The molecule has 130 valence electrons. The molecule has 0 amide bonds. The molecule has 0 bridgehead atoms. The van der Waals surface area contributed by atoms with Crippen molar-refractivity contribution in [2.75, 3.05) is 19.3 Å². The first-order chi connectivity index (χ1) is 11.9. The molecular formula is C17H17FN4O2S. The van der Waals surface area contributed by atoms with Gasteiger partial charge in [-0.15, -0.1) is 0 Å². The van der Waals surface area contributed by atoms with Gasteiger partial charge in [-0.25, -0.2) is 27.1 Å². The average Bonchev–Trinajstić information content (AvgIpc) is 3.22. The monoisotopic (exact) mass is 360 g/mol. The van der Waals surface area contributed by atoms with Gasteiger partial charge in [0, 0.05) is 36.5 Å². The van der Waals surface area contributed by atoms with Crippen molar-refractivity contribution >= 4 is 15.8 Å². The van der Waals surface area contributed by atoms with E-state index >= 15 is 0 Å². The summed E-state index contributed by atoms with van der Waals surface area (Å²) in [6, 6.07) is 8.12. The summed E-state index contributed by atoms with van der Waals surface area (Å²) in [5, 5.41) is 0. The maximum atomic E-state index is 13.2. The zero-order valence-corrected chi connectivity index (χ0v) is 14.4. The summed E-state index contributed by atoms with van der Waals surface area (Å²) in [6.45, 7) is 0.951. The third-order valence-corrected chi connectivity index (χ3v) is 5.88. The fraction of sp³-hybridized carbons (Fsp3) is 0.294. The Hall–Kier alpha value is -2.32. The summed E-state index contributed by atoms with van der Waals surface area (Å²) in [4.78, 5) is 8.63. The zero-order valence-electron chi connectivity index (χ0n) is 13.6. The molecule has 0 N–H and O–H groups in total. The zero-order chi connectivity index (χ0) is 17.6. The normalized spacial score (nSPS) is 18.9. The smallest absolute Gasteiger partial charge is 0.234 e. The number of hydrogen-bond donors (Lipinski definition) is 0. The predicted octanol–water partition coefficient (Wildman–Crippen LogP) is 2.28. The number of halogens is 1. The van der Waals surface area contributed by atoms with Gasteiger partial charge in [0.15, 0.2) is 0 Å². The van der Waals surface area contributed by atoms with E-state index < -0.39 is 10.0 Å². The molecule has 1 unspecified atom stereocenters. The molecule has 0 aliphatic carbocycles. The van der Waals surface area contributed by atoms with Crippen LogP contribution in [0, 0.1) is 5.82 Å². The highest BCUT2D eigenvalue weighted by atomic mass is 32.2. The van der Waals surface area contributed by atoms with E-state index in [-0.39, 0.29) is 11.7 Å². The fourth-order valence-electron chi connectivity index (χ4n) is 3.36. The summed E-state index contributed by atoms with van der Waals surface area (Å²) in [7, 11) is -3.20. The molecule has 25 heavy (non-hydrogen) atoms. The lowest BCUT2D eigenvalue weighted by atomic mass is 10.0. The Morgan fingerprint density at radius 3 is 2.60 bits per heavy atom. The molecular weight excluding hydrogens is 343 g/mol. The van der Waals surface area contributed by atoms with Crippen LogP contribution in [0.5, 0.6) is 0 Å². The van der Waals surface area contributed by atoms with E-state index in [2.05, 4.69) is 9.97 Å². The van der Waals surface area contributed by atoms with Crippen LogP contribution in [0.4, 0.5) is 4.39 Å². The summed E-state index contributed by atoms with van der Waals surface area (Å²) in [5.74, 6) is 0.318. The van der Waals surface area contributed by atoms with Crippen LogP contribution in [0.15, 0.2) is 42.7 Å². The first-order valence-corrected chi connectivity index (χ1v) is 9.82. The van der Waals surface area contributed by atoms with Crippen LogP contribution in [-0.4, -0.2) is 46.4 Å². The van der Waals surface area contributed by atoms with Crippen molar-refractivity contribution in [2.24, 2.45) is 0 Å². The number of nitrogens with zero attached hydrogens (tertiary/aromatic N) is 4. The van der Waals surface area contributed by atoms with Crippen LogP contribution < -0.4 is 0 Å². The van der Waals surface area contributed by atoms with Crippen molar-refractivity contribution < 1.29 is 12.8 Å². The molecule has 1 saturated heterocycles. The quantitative estimate of drug-likeness (QED) is 0.719. The van der Waals surface area contributed by atoms with Gasteiger partial charge in [-0.3, -0.25) is 4.40 Å². The molecule has 0 spiro atoms. The first kappa shape index (κ1) is 16.2. The number of fused-ring (bicyclic) bond motifs is 1. The van der Waals surface area contributed by atoms with Crippen LogP contribution in [0.25, 0.3) is 17.0 Å². The van der Waals surface area contributed by atoms with E-state index in [0.717, 1.165) is 23.4 Å². The number of sulfonamides is 1. The lowest BCUT2D eigenvalue weighted by Gasteiger charge is -2.16. The van der Waals surface area contributed by atoms with Crippen LogP contribution in [-0.2, 0) is 10.0 Å². The van der Waals surface area contributed by atoms with Crippen molar-refractivity contribution in [3.8, 4) is 11.3 Å². The number of aromatic nitrogens is 3. The second kappa shape index (κ2) is 5.89. The highest BCUT2D eigenvalue weighted by Gasteiger charge is 2.31. The van der Waals surface area contributed by atoms with Crippen molar-refractivity contribution in [1.29, 1.82) is 0 Å². The summed E-state index contributed by atoms with van der Waals surface area (Å²) in [5.41, 5.74) is 2.62. The molecule has 2 aromatic heterocycles. The van der Waals surface area contributed by atoms with E-state index in [1.54, 1.807) is 24.5 Å². The Bertz CT molecular complexity index is 1030. The van der Waals surface area contributed by atoms with Gasteiger partial charge in [0.1, 0.15) is 5.82 Å². The molecule has 6 nitrogen and oxygen atoms in total. The van der Waals surface area contributed by atoms with Gasteiger partial charge in [0.05, 0.1) is 18.1 Å². The molecule has 1 fully saturated rings. The topological polar surface area (TPSA) is 67.6 Å². The van der Waals surface area contributed by atoms with Crippen molar-refractivity contribution in [3.05, 3.63) is 54.2 Å². The first-order valence-electron chi connectivity index (χ1n) is 7.97. The van der Waals surface area contributed by atoms with E-state index in [9.17, 15) is 12.8 Å². The van der Waals surface area contributed by atoms with Crippen molar-refractivity contribution in [2.45, 2.75) is 12.3 Å². The van der Waals surface area contributed by atoms with Gasteiger partial charge < -0.3 is 0 Å². The molecule has 0 saturated carbocycles. The third-order valence-electron chi connectivity index (χ3n) is 4.61. The second-order valence-electron chi connectivity index (χ2n) is 6.26. The molecule has 3 aromatic rings. The lowest BCUT2D eigenvalue weighted by molar-refractivity contribution is 0.477. The van der Waals surface area contributed by atoms with Crippen molar-refractivity contribution in [3.63, 3.8) is 0 Å². The molecule has 8 heteroatoms. The van der Waals surface area contributed by atoms with Gasteiger partial charge in [-0.1, -0.05) is 0 Å². The maximum absolute atomic E-state index is 13.2. The molecule has 1 atom stereocenters. The fourth-order valence-corrected chi connectivity index (χ4v) is 4.24. The number of benzene rings is 1. The minimum atomic E-state index is -3.20. The van der Waals surface area contributed by atoms with Crippen LogP contribution in [0.3, 0.4) is 0 Å². The van der Waals surface area contributed by atoms with Gasteiger partial charge in [0.25, 0.3) is 0 Å². The highest BCUT2D eigenvalue weighted by molar-refractivity contribution is 7.88. The van der Waals surface area contributed by atoms with Crippen molar-refractivity contribution in [1.82, 2.24) is 18.7 Å². The summed E-state index contributed by atoms with van der Waals surface area (Å²) in [6.07, 6.45) is 5.38. The van der Waals surface area contributed by atoms with Gasteiger partial charge >= 0.3 is 0 Å². The van der Waals surface area contributed by atoms with Crippen LogP contribution in [0.2, 0.25) is 0 Å². The minimum absolute atomic E-state index is 0.0635. The number of imidazole rings is 1. The Morgan fingerprint density at radius 1 is 1.16 bits per heavy atom. The largest absolute Gasteiger partial charge is 0.280 e. The Kier molecular flexibility index (Phi) is 3.81. The van der Waals surface area contributed by atoms with E-state index in [0.29, 0.717) is 18.9 Å². The SMILES string of the molecule is CS(=O)(=O)N1CCC(c2ccnc3ncc(-c4ccc(F)cc4)n23)C1. The molecule has 1 aromatic carbocycles. The molecule has 1 aliphatic heterocycles. The molecule has 0 radical (unpaired) electrons. The molecule has 1 aliphatic rings. The molecule has 3 heterocycles. The van der Waals surface area contributed by atoms with E-state index in [4.69, 9.17) is 0 Å². The highest BCUT2D eigenvalue weighted by Crippen LogP contribution is 2.31. The van der Waals surface area contributed by atoms with Gasteiger partial charge in [-0.2, -0.15) is 0 Å². The van der Waals surface area contributed by atoms with Crippen LogP contribution in [0.1, 0.15) is 18.0 Å². The maximum Gasteiger partial charge on any atom is 0.234 e. The van der Waals surface area contributed by atoms with E-state index in [1.807, 2.05) is 10.5 Å². The van der Waals surface area contributed by atoms with Gasteiger partial charge in [0.2, 0.25) is 15.8 Å². The standard InChI is InChI=1S/C17H17FN4O2S/c1-25(23,24)21-9-7-13(11-21)15-6-8-19-17-20-10-16(22(15)17)12-2-4-14(18)5-3-12/h2-6,8,10,13H,7,9,11H2,1H3. The molecule has 4 rings (SSSR count). The second-order valence-corrected chi connectivity index (χ2v) is 8.24. The van der Waals surface area contributed by atoms with Gasteiger partial charge in [-0.05, 0) is 36.8 Å². The Morgan fingerprint density at radius 2 is 1.92 bits per heavy atom. The lowest BCUT2D eigenvalue weighted by Crippen LogP contribution is -2.27. The summed E-state index contributed by atoms with van der Waals surface area (Å²) >= 11 is 0. The Balaban J connectivity index is 1.80. The number of hydrogen-bond acceptors (Lipinski definition) is 4. The average molecular weight is 360 g/mol. The third kappa shape index (κ3) is 2.91. The summed E-state index contributed by atoms with van der Waals surface area (Å²) < 4.78 is 40.3. The minimum Gasteiger partial charge on any atom is -0.280 e. The predicted molar refractivity (Wildman–Crippen MR) is 92.2 cm³/mol. The van der Waals surface area contributed by atoms with Crippen LogP contribution >= 0.6 is 0 Å². The Labute approximate surface area is 145 Å². The van der Waals surface area contributed by atoms with E-state index in [1.165, 1.54) is 22.7 Å². The number of rotatable bonds is 3.